The van der Waals surface area contributed by atoms with E-state index in [-0.39, 0.29) is 10.9 Å². The molecule has 1 nitrogen and oxygen atoms in total. The molecule has 0 aromatic carbocycles. The molecule has 3 heteroatoms. The second-order valence-corrected chi connectivity index (χ2v) is 2.87. The Balaban J connectivity index is 2.28. The van der Waals surface area contributed by atoms with Crippen molar-refractivity contribution in [3.8, 4) is 0 Å². The van der Waals surface area contributed by atoms with E-state index in [0.29, 0.717) is 0 Å². The molecular weight excluding hydrogens is 147 g/mol. The Morgan fingerprint density at radius 1 is 1.38 bits per heavy atom. The normalized spacial score (nSPS) is 39.8. The summed E-state index contributed by atoms with van der Waals surface area (Å²) in [6.07, 6.45) is 2.02. The van der Waals surface area contributed by atoms with Crippen LogP contribution in [0.25, 0.3) is 0 Å². The fourth-order valence-corrected chi connectivity index (χ4v) is 1.15. The lowest BCUT2D eigenvalue weighted by molar-refractivity contribution is 0.0711. The van der Waals surface area contributed by atoms with Crippen molar-refractivity contribution in [1.29, 1.82) is 0 Å². The van der Waals surface area contributed by atoms with E-state index < -0.39 is 0 Å². The lowest BCUT2D eigenvalue weighted by Crippen LogP contribution is -2.24. The van der Waals surface area contributed by atoms with Crippen molar-refractivity contribution >= 4 is 23.2 Å². The first-order chi connectivity index (χ1) is 3.80. The molecule has 0 aromatic heterocycles. The van der Waals surface area contributed by atoms with Gasteiger partial charge < -0.3 is 4.74 Å². The maximum absolute atomic E-state index is 5.71. The van der Waals surface area contributed by atoms with Gasteiger partial charge in [0.25, 0.3) is 0 Å². The number of hydrogen-bond acceptors (Lipinski definition) is 1. The Kier molecular flexibility index (Phi) is 2.42. The number of rotatable bonds is 0. The minimum Gasteiger partial charge on any atom is -0.361 e. The molecule has 0 unspecified atom stereocenters. The van der Waals surface area contributed by atoms with Gasteiger partial charge in [-0.15, -0.1) is 11.6 Å². The zero-order valence-electron chi connectivity index (χ0n) is 4.44. The molecule has 0 radical (unpaired) electrons. The summed E-state index contributed by atoms with van der Waals surface area (Å²) in [6, 6.07) is 0. The molecule has 0 spiro atoms. The Morgan fingerprint density at radius 3 is 2.50 bits per heavy atom. The van der Waals surface area contributed by atoms with Gasteiger partial charge in [-0.25, -0.2) is 0 Å². The van der Waals surface area contributed by atoms with Gasteiger partial charge in [-0.1, -0.05) is 11.6 Å². The molecule has 1 fully saturated rings. The van der Waals surface area contributed by atoms with E-state index >= 15 is 0 Å². The van der Waals surface area contributed by atoms with Crippen LogP contribution in [-0.2, 0) is 4.74 Å². The monoisotopic (exact) mass is 154 g/mol. The SMILES string of the molecule is Cl[C@@H]1OCCC[C@@H]1Cl. The van der Waals surface area contributed by atoms with E-state index in [1.165, 1.54) is 0 Å². The van der Waals surface area contributed by atoms with Crippen LogP contribution in [0.15, 0.2) is 0 Å². The van der Waals surface area contributed by atoms with Gasteiger partial charge in [0.15, 0.2) is 0 Å². The predicted octanol–water partition coefficient (Wildman–Crippen LogP) is 1.97. The van der Waals surface area contributed by atoms with Gasteiger partial charge in [0.05, 0.1) is 5.38 Å². The highest BCUT2D eigenvalue weighted by Crippen LogP contribution is 2.21. The average Bonchev–Trinajstić information content (AvgIpc) is 1.77. The van der Waals surface area contributed by atoms with Gasteiger partial charge in [-0.2, -0.15) is 0 Å². The second-order valence-electron chi connectivity index (χ2n) is 1.88. The van der Waals surface area contributed by atoms with Crippen LogP contribution >= 0.6 is 23.2 Å². The van der Waals surface area contributed by atoms with Crippen LogP contribution in [0.5, 0.6) is 0 Å². The molecule has 0 N–H and O–H groups in total. The largest absolute Gasteiger partial charge is 0.361 e. The van der Waals surface area contributed by atoms with Crippen molar-refractivity contribution in [1.82, 2.24) is 0 Å². The maximum Gasteiger partial charge on any atom is 0.147 e. The molecule has 0 amide bonds. The maximum atomic E-state index is 5.71. The lowest BCUT2D eigenvalue weighted by Gasteiger charge is -2.21. The molecule has 48 valence electrons. The van der Waals surface area contributed by atoms with Gasteiger partial charge >= 0.3 is 0 Å². The molecule has 1 saturated heterocycles. The molecule has 1 rings (SSSR count). The summed E-state index contributed by atoms with van der Waals surface area (Å²) in [5.41, 5.74) is -0.259. The van der Waals surface area contributed by atoms with Gasteiger partial charge in [-0.3, -0.25) is 0 Å². The van der Waals surface area contributed by atoms with E-state index in [1.54, 1.807) is 0 Å². The Bertz CT molecular complexity index is 66.8. The summed E-state index contributed by atoms with van der Waals surface area (Å²) in [7, 11) is 0. The van der Waals surface area contributed by atoms with Gasteiger partial charge in [-0.05, 0) is 12.8 Å². The minimum atomic E-state index is -0.259. The number of ether oxygens (including phenoxy) is 1. The quantitative estimate of drug-likeness (QED) is 0.486. The van der Waals surface area contributed by atoms with Crippen molar-refractivity contribution in [3.05, 3.63) is 0 Å². The standard InChI is InChI=1S/C5H8Cl2O/c6-4-2-1-3-8-5(4)7/h4-5H,1-3H2/t4-,5+/m0/s1. The van der Waals surface area contributed by atoms with Crippen LogP contribution in [0.4, 0.5) is 0 Å². The third-order valence-electron chi connectivity index (χ3n) is 1.19. The van der Waals surface area contributed by atoms with Crippen LogP contribution in [-0.4, -0.2) is 17.5 Å². The highest BCUT2D eigenvalue weighted by atomic mass is 35.5. The molecule has 2 atom stereocenters. The number of halogens is 2. The smallest absolute Gasteiger partial charge is 0.147 e. The molecule has 1 aliphatic rings. The summed E-state index contributed by atoms with van der Waals surface area (Å²) < 4.78 is 5.02. The van der Waals surface area contributed by atoms with E-state index in [9.17, 15) is 0 Å². The van der Waals surface area contributed by atoms with Crippen LogP contribution in [0.1, 0.15) is 12.8 Å². The molecule has 0 aromatic rings. The zero-order chi connectivity index (χ0) is 5.98. The fraction of sp³-hybridized carbons (Fsp3) is 1.00. The highest BCUT2D eigenvalue weighted by molar-refractivity contribution is 6.29. The first-order valence-corrected chi connectivity index (χ1v) is 3.58. The van der Waals surface area contributed by atoms with Crippen LogP contribution in [0.3, 0.4) is 0 Å². The zero-order valence-corrected chi connectivity index (χ0v) is 5.95. The van der Waals surface area contributed by atoms with E-state index in [0.717, 1.165) is 19.4 Å². The third-order valence-corrected chi connectivity index (χ3v) is 2.19. The van der Waals surface area contributed by atoms with E-state index in [4.69, 9.17) is 27.9 Å². The van der Waals surface area contributed by atoms with Crippen molar-refractivity contribution in [2.24, 2.45) is 0 Å². The van der Waals surface area contributed by atoms with E-state index in [2.05, 4.69) is 0 Å². The van der Waals surface area contributed by atoms with Gasteiger partial charge in [0.1, 0.15) is 5.56 Å². The topological polar surface area (TPSA) is 9.23 Å². The number of alkyl halides is 2. The molecule has 8 heavy (non-hydrogen) atoms. The summed E-state index contributed by atoms with van der Waals surface area (Å²) in [6.45, 7) is 0.761. The van der Waals surface area contributed by atoms with Crippen molar-refractivity contribution < 1.29 is 4.74 Å². The Labute approximate surface area is 58.9 Å². The third kappa shape index (κ3) is 1.51. The second kappa shape index (κ2) is 2.90. The number of hydrogen-bond donors (Lipinski definition) is 0. The molecule has 0 aliphatic carbocycles. The van der Waals surface area contributed by atoms with Gasteiger partial charge in [0.2, 0.25) is 0 Å². The van der Waals surface area contributed by atoms with Crippen molar-refractivity contribution in [3.63, 3.8) is 0 Å². The van der Waals surface area contributed by atoms with Gasteiger partial charge in [0, 0.05) is 6.61 Å². The Morgan fingerprint density at radius 2 is 2.12 bits per heavy atom. The molecule has 1 aliphatic heterocycles. The molecular formula is C5H8Cl2O. The Hall–Kier alpha value is 0.540. The first kappa shape index (κ1) is 6.66. The van der Waals surface area contributed by atoms with Crippen LogP contribution in [0, 0.1) is 0 Å². The molecule has 0 saturated carbocycles. The minimum absolute atomic E-state index is 0.0189. The summed E-state index contributed by atoms with van der Waals surface area (Å²) in [5, 5.41) is 0.0189. The predicted molar refractivity (Wildman–Crippen MR) is 34.5 cm³/mol. The first-order valence-electron chi connectivity index (χ1n) is 2.70. The average molecular weight is 155 g/mol. The van der Waals surface area contributed by atoms with Crippen molar-refractivity contribution in [2.75, 3.05) is 6.61 Å². The summed E-state index contributed by atoms with van der Waals surface area (Å²) in [4.78, 5) is 0. The lowest BCUT2D eigenvalue weighted by atomic mass is 10.2. The summed E-state index contributed by atoms with van der Waals surface area (Å²) in [5.74, 6) is 0. The summed E-state index contributed by atoms with van der Waals surface area (Å²) >= 11 is 11.3. The molecule has 1 heterocycles. The van der Waals surface area contributed by atoms with Crippen LogP contribution in [0.2, 0.25) is 0 Å². The van der Waals surface area contributed by atoms with Crippen LogP contribution < -0.4 is 0 Å². The highest BCUT2D eigenvalue weighted by Gasteiger charge is 2.20. The van der Waals surface area contributed by atoms with E-state index in [1.807, 2.05) is 0 Å². The van der Waals surface area contributed by atoms with Crippen molar-refractivity contribution in [2.45, 2.75) is 23.8 Å². The fourth-order valence-electron chi connectivity index (χ4n) is 0.710. The molecule has 0 bridgehead atoms.